The van der Waals surface area contributed by atoms with Crippen molar-refractivity contribution < 1.29 is 19.1 Å². The van der Waals surface area contributed by atoms with Gasteiger partial charge in [0.05, 0.1) is 24.5 Å². The highest BCUT2D eigenvalue weighted by Gasteiger charge is 2.18. The van der Waals surface area contributed by atoms with Gasteiger partial charge in [-0.2, -0.15) is 0 Å². The smallest absolute Gasteiger partial charge is 0.350 e. The highest BCUT2D eigenvalue weighted by molar-refractivity contribution is 7.17. The standard InChI is InChI=1S/C17H19NO4S/c1-4-8-22-14-7-6-12(9-13(14)10-19)16-18-11(3)15(23-16)17(20)21-5-2/h6-7,9-10H,4-5,8H2,1-3H3. The van der Waals surface area contributed by atoms with Gasteiger partial charge in [-0.3, -0.25) is 4.79 Å². The monoisotopic (exact) mass is 333 g/mol. The number of aromatic nitrogens is 1. The van der Waals surface area contributed by atoms with Crippen molar-refractivity contribution in [1.82, 2.24) is 4.98 Å². The van der Waals surface area contributed by atoms with Crippen LogP contribution in [-0.2, 0) is 4.74 Å². The zero-order chi connectivity index (χ0) is 16.8. The lowest BCUT2D eigenvalue weighted by Crippen LogP contribution is -2.03. The molecule has 0 fully saturated rings. The van der Waals surface area contributed by atoms with Crippen molar-refractivity contribution in [3.05, 3.63) is 34.3 Å². The number of carbonyl (C=O) groups excluding carboxylic acids is 2. The van der Waals surface area contributed by atoms with E-state index < -0.39 is 0 Å². The van der Waals surface area contributed by atoms with Gasteiger partial charge in [0, 0.05) is 5.56 Å². The van der Waals surface area contributed by atoms with E-state index in [0.29, 0.717) is 40.1 Å². The number of ether oxygens (including phenoxy) is 2. The maximum absolute atomic E-state index is 11.9. The van der Waals surface area contributed by atoms with E-state index in [9.17, 15) is 9.59 Å². The Balaban J connectivity index is 2.33. The second kappa shape index (κ2) is 7.87. The van der Waals surface area contributed by atoms with Crippen LogP contribution in [0.5, 0.6) is 5.75 Å². The Morgan fingerprint density at radius 3 is 2.78 bits per heavy atom. The summed E-state index contributed by atoms with van der Waals surface area (Å²) in [6, 6.07) is 5.33. The fourth-order valence-corrected chi connectivity index (χ4v) is 2.98. The molecule has 0 saturated heterocycles. The molecule has 0 N–H and O–H groups in total. The van der Waals surface area contributed by atoms with E-state index in [1.165, 1.54) is 11.3 Å². The van der Waals surface area contributed by atoms with Crippen LogP contribution >= 0.6 is 11.3 Å². The van der Waals surface area contributed by atoms with Gasteiger partial charge in [-0.15, -0.1) is 11.3 Å². The number of aldehydes is 1. The number of hydrogen-bond donors (Lipinski definition) is 0. The van der Waals surface area contributed by atoms with Crippen LogP contribution in [0, 0.1) is 6.92 Å². The molecule has 0 radical (unpaired) electrons. The molecule has 2 aromatic rings. The van der Waals surface area contributed by atoms with Gasteiger partial charge in [0.15, 0.2) is 6.29 Å². The van der Waals surface area contributed by atoms with Gasteiger partial charge in [-0.25, -0.2) is 9.78 Å². The molecule has 0 aliphatic carbocycles. The minimum absolute atomic E-state index is 0.324. The highest BCUT2D eigenvalue weighted by Crippen LogP contribution is 2.31. The first-order chi connectivity index (χ1) is 11.1. The summed E-state index contributed by atoms with van der Waals surface area (Å²) < 4.78 is 10.6. The number of benzene rings is 1. The first-order valence-electron chi connectivity index (χ1n) is 7.47. The molecule has 5 nitrogen and oxygen atoms in total. The lowest BCUT2D eigenvalue weighted by atomic mass is 10.1. The van der Waals surface area contributed by atoms with Crippen LogP contribution in [0.15, 0.2) is 18.2 Å². The summed E-state index contributed by atoms with van der Waals surface area (Å²) in [6.07, 6.45) is 1.63. The molecule has 0 amide bonds. The lowest BCUT2D eigenvalue weighted by molar-refractivity contribution is 0.0531. The van der Waals surface area contributed by atoms with Crippen LogP contribution in [0.2, 0.25) is 0 Å². The molecule has 0 spiro atoms. The van der Waals surface area contributed by atoms with Crippen molar-refractivity contribution in [2.45, 2.75) is 27.2 Å². The minimum atomic E-state index is -0.368. The zero-order valence-electron chi connectivity index (χ0n) is 13.4. The zero-order valence-corrected chi connectivity index (χ0v) is 14.2. The van der Waals surface area contributed by atoms with E-state index in [4.69, 9.17) is 9.47 Å². The van der Waals surface area contributed by atoms with Crippen LogP contribution in [0.4, 0.5) is 0 Å². The van der Waals surface area contributed by atoms with Gasteiger partial charge in [-0.05, 0) is 38.5 Å². The van der Waals surface area contributed by atoms with Gasteiger partial charge >= 0.3 is 5.97 Å². The number of esters is 1. The fraction of sp³-hybridized carbons (Fsp3) is 0.353. The summed E-state index contributed by atoms with van der Waals surface area (Å²) >= 11 is 1.26. The molecule has 2 rings (SSSR count). The minimum Gasteiger partial charge on any atom is -0.493 e. The molecule has 6 heteroatoms. The normalized spacial score (nSPS) is 10.4. The number of nitrogens with zero attached hydrogens (tertiary/aromatic N) is 1. The predicted molar refractivity (Wildman–Crippen MR) is 89.4 cm³/mol. The van der Waals surface area contributed by atoms with E-state index >= 15 is 0 Å². The van der Waals surface area contributed by atoms with Crippen LogP contribution in [-0.4, -0.2) is 30.5 Å². The molecule has 0 saturated carbocycles. The summed E-state index contributed by atoms with van der Waals surface area (Å²) in [5.74, 6) is 0.191. The molecule has 1 aromatic carbocycles. The van der Waals surface area contributed by atoms with Crippen LogP contribution in [0.25, 0.3) is 10.6 Å². The van der Waals surface area contributed by atoms with E-state index in [1.54, 1.807) is 26.0 Å². The molecule has 122 valence electrons. The van der Waals surface area contributed by atoms with Crippen molar-refractivity contribution in [2.75, 3.05) is 13.2 Å². The molecular formula is C17H19NO4S. The lowest BCUT2D eigenvalue weighted by Gasteiger charge is -2.08. The third-order valence-corrected chi connectivity index (χ3v) is 4.29. The van der Waals surface area contributed by atoms with Gasteiger partial charge in [0.2, 0.25) is 0 Å². The summed E-state index contributed by atoms with van der Waals surface area (Å²) in [5.41, 5.74) is 1.88. The summed E-state index contributed by atoms with van der Waals surface area (Å²) in [6.45, 7) is 6.42. The number of thiazole rings is 1. The third-order valence-electron chi connectivity index (χ3n) is 3.10. The highest BCUT2D eigenvalue weighted by atomic mass is 32.1. The number of hydrogen-bond acceptors (Lipinski definition) is 6. The van der Waals surface area contributed by atoms with Crippen molar-refractivity contribution in [3.8, 4) is 16.3 Å². The second-order valence-electron chi connectivity index (χ2n) is 4.87. The SMILES string of the molecule is CCCOc1ccc(-c2nc(C)c(C(=O)OCC)s2)cc1C=O. The number of rotatable bonds is 7. The first kappa shape index (κ1) is 17.1. The quantitative estimate of drug-likeness (QED) is 0.568. The Kier molecular flexibility index (Phi) is 5.87. The molecule has 0 aliphatic rings. The maximum atomic E-state index is 11.9. The molecule has 0 unspecified atom stereocenters. The molecule has 1 aromatic heterocycles. The van der Waals surface area contributed by atoms with E-state index in [0.717, 1.165) is 18.3 Å². The average molecular weight is 333 g/mol. The maximum Gasteiger partial charge on any atom is 0.350 e. The Morgan fingerprint density at radius 2 is 2.13 bits per heavy atom. The van der Waals surface area contributed by atoms with Gasteiger partial charge in [-0.1, -0.05) is 6.92 Å². The first-order valence-corrected chi connectivity index (χ1v) is 8.29. The Labute approximate surface area is 139 Å². The largest absolute Gasteiger partial charge is 0.493 e. The topological polar surface area (TPSA) is 65.5 Å². The number of aryl methyl sites for hydroxylation is 1. The van der Waals surface area contributed by atoms with Gasteiger partial charge in [0.1, 0.15) is 15.6 Å². The van der Waals surface area contributed by atoms with Crippen molar-refractivity contribution >= 4 is 23.6 Å². The second-order valence-corrected chi connectivity index (χ2v) is 5.87. The van der Waals surface area contributed by atoms with Crippen molar-refractivity contribution in [1.29, 1.82) is 0 Å². The van der Waals surface area contributed by atoms with Crippen molar-refractivity contribution in [3.63, 3.8) is 0 Å². The Hall–Kier alpha value is -2.21. The summed E-state index contributed by atoms with van der Waals surface area (Å²) in [4.78, 5) is 28.0. The van der Waals surface area contributed by atoms with Crippen molar-refractivity contribution in [2.24, 2.45) is 0 Å². The fourth-order valence-electron chi connectivity index (χ4n) is 2.02. The molecule has 23 heavy (non-hydrogen) atoms. The van der Waals surface area contributed by atoms with Crippen LogP contribution in [0.1, 0.15) is 46.0 Å². The van der Waals surface area contributed by atoms with Crippen LogP contribution < -0.4 is 4.74 Å². The molecule has 0 bridgehead atoms. The Morgan fingerprint density at radius 1 is 1.35 bits per heavy atom. The van der Waals surface area contributed by atoms with E-state index in [2.05, 4.69) is 4.98 Å². The van der Waals surface area contributed by atoms with Gasteiger partial charge < -0.3 is 9.47 Å². The predicted octanol–water partition coefficient (Wildman–Crippen LogP) is 3.90. The average Bonchev–Trinajstić information content (AvgIpc) is 2.95. The summed E-state index contributed by atoms with van der Waals surface area (Å²) in [7, 11) is 0. The van der Waals surface area contributed by atoms with Crippen LogP contribution in [0.3, 0.4) is 0 Å². The van der Waals surface area contributed by atoms with E-state index in [1.807, 2.05) is 13.0 Å². The molecule has 0 atom stereocenters. The molecular weight excluding hydrogens is 314 g/mol. The Bertz CT molecular complexity index is 709. The summed E-state index contributed by atoms with van der Waals surface area (Å²) in [5, 5.41) is 0.677. The third kappa shape index (κ3) is 3.96. The van der Waals surface area contributed by atoms with E-state index in [-0.39, 0.29) is 5.97 Å². The molecule has 0 aliphatic heterocycles. The molecule has 1 heterocycles. The van der Waals surface area contributed by atoms with Gasteiger partial charge in [0.25, 0.3) is 0 Å². The number of carbonyl (C=O) groups is 2.